The van der Waals surface area contributed by atoms with Gasteiger partial charge < -0.3 is 16.5 Å². The van der Waals surface area contributed by atoms with Gasteiger partial charge in [-0.25, -0.2) is 0 Å². The van der Waals surface area contributed by atoms with Gasteiger partial charge in [-0.05, 0) is 6.42 Å². The third-order valence-corrected chi connectivity index (χ3v) is 4.58. The van der Waals surface area contributed by atoms with E-state index in [2.05, 4.69) is 11.1 Å². The summed E-state index contributed by atoms with van der Waals surface area (Å²) in [5.41, 5.74) is 0. The SMILES string of the molecule is CCCCCCCCCCCCCCCCCC(=O)OS(=O)(=O)O.N.N. The maximum absolute atomic E-state index is 11.0. The quantitative estimate of drug-likeness (QED) is 0.203. The van der Waals surface area contributed by atoms with Gasteiger partial charge in [0, 0.05) is 6.42 Å². The summed E-state index contributed by atoms with van der Waals surface area (Å²) in [5.74, 6) is -0.882. The van der Waals surface area contributed by atoms with Crippen molar-refractivity contribution in [3.63, 3.8) is 0 Å². The molecule has 0 bridgehead atoms. The fourth-order valence-electron chi connectivity index (χ4n) is 2.80. The lowest BCUT2D eigenvalue weighted by molar-refractivity contribution is -0.134. The average molecular weight is 399 g/mol. The second-order valence-corrected chi connectivity index (χ2v) is 7.60. The summed E-state index contributed by atoms with van der Waals surface area (Å²) in [6.45, 7) is 2.25. The molecule has 0 saturated carbocycles. The number of carbonyl (C=O) groups excluding carboxylic acids is 1. The molecule has 0 rings (SSSR count). The lowest BCUT2D eigenvalue weighted by Gasteiger charge is -2.03. The van der Waals surface area contributed by atoms with E-state index >= 15 is 0 Å². The third kappa shape index (κ3) is 25.5. The van der Waals surface area contributed by atoms with E-state index in [0.717, 1.165) is 19.3 Å². The van der Waals surface area contributed by atoms with Crippen LogP contribution in [0.25, 0.3) is 0 Å². The average Bonchev–Trinajstić information content (AvgIpc) is 2.49. The molecule has 0 unspecified atom stereocenters. The largest absolute Gasteiger partial charge is 0.448 e. The fourth-order valence-corrected chi connectivity index (χ4v) is 3.12. The summed E-state index contributed by atoms with van der Waals surface area (Å²) in [6, 6.07) is 0. The van der Waals surface area contributed by atoms with Gasteiger partial charge in [-0.1, -0.05) is 96.8 Å². The molecular weight excluding hydrogens is 356 g/mol. The van der Waals surface area contributed by atoms with Gasteiger partial charge in [-0.3, -0.25) is 9.35 Å². The maximum atomic E-state index is 11.0. The van der Waals surface area contributed by atoms with Gasteiger partial charge in [0.15, 0.2) is 0 Å². The van der Waals surface area contributed by atoms with Crippen LogP contribution in [-0.4, -0.2) is 18.9 Å². The molecule has 0 aromatic carbocycles. The predicted molar refractivity (Wildman–Crippen MR) is 107 cm³/mol. The molecule has 0 atom stereocenters. The first-order chi connectivity index (χ1) is 11.5. The number of rotatable bonds is 17. The van der Waals surface area contributed by atoms with Crippen molar-refractivity contribution in [1.29, 1.82) is 0 Å². The Morgan fingerprint density at radius 2 is 1.00 bits per heavy atom. The molecular formula is C18H42N2O5S. The van der Waals surface area contributed by atoms with Crippen LogP contribution in [0.1, 0.15) is 110 Å². The molecule has 160 valence electrons. The smallest absolute Gasteiger partial charge is 0.344 e. The minimum Gasteiger partial charge on any atom is -0.344 e. The molecule has 0 aliphatic rings. The van der Waals surface area contributed by atoms with Gasteiger partial charge in [0.2, 0.25) is 0 Å². The van der Waals surface area contributed by atoms with Crippen molar-refractivity contribution in [3.8, 4) is 0 Å². The molecule has 0 fully saturated rings. The zero-order chi connectivity index (χ0) is 18.1. The lowest BCUT2D eigenvalue weighted by Crippen LogP contribution is -2.11. The Morgan fingerprint density at radius 1 is 0.692 bits per heavy atom. The second kappa shape index (κ2) is 20.6. The Balaban J connectivity index is -0.00000264. The van der Waals surface area contributed by atoms with Crippen molar-refractivity contribution in [2.45, 2.75) is 110 Å². The highest BCUT2D eigenvalue weighted by Crippen LogP contribution is 2.13. The van der Waals surface area contributed by atoms with Crippen molar-refractivity contribution in [2.24, 2.45) is 0 Å². The molecule has 0 aromatic heterocycles. The van der Waals surface area contributed by atoms with E-state index in [-0.39, 0.29) is 18.7 Å². The molecule has 8 heteroatoms. The summed E-state index contributed by atoms with van der Waals surface area (Å²) in [5, 5.41) is 0. The number of carbonyl (C=O) groups is 1. The van der Waals surface area contributed by atoms with Crippen LogP contribution in [0.5, 0.6) is 0 Å². The summed E-state index contributed by atoms with van der Waals surface area (Å²) >= 11 is 0. The van der Waals surface area contributed by atoms with Crippen molar-refractivity contribution < 1.29 is 21.9 Å². The fraction of sp³-hybridized carbons (Fsp3) is 0.944. The van der Waals surface area contributed by atoms with Gasteiger partial charge >= 0.3 is 16.4 Å². The van der Waals surface area contributed by atoms with Crippen molar-refractivity contribution in [1.82, 2.24) is 12.3 Å². The molecule has 0 heterocycles. The monoisotopic (exact) mass is 398 g/mol. The zero-order valence-corrected chi connectivity index (χ0v) is 17.5. The van der Waals surface area contributed by atoms with E-state index in [1.54, 1.807) is 0 Å². The normalized spacial score (nSPS) is 10.7. The number of unbranched alkanes of at least 4 members (excludes halogenated alkanes) is 14. The van der Waals surface area contributed by atoms with Crippen LogP contribution >= 0.6 is 0 Å². The summed E-state index contributed by atoms with van der Waals surface area (Å²) in [6.07, 6.45) is 18.5. The highest BCUT2D eigenvalue weighted by molar-refractivity contribution is 7.81. The molecule has 0 aliphatic carbocycles. The molecule has 0 spiro atoms. The summed E-state index contributed by atoms with van der Waals surface area (Å²) in [7, 11) is -4.64. The van der Waals surface area contributed by atoms with Gasteiger partial charge in [0.05, 0.1) is 0 Å². The molecule has 0 amide bonds. The molecule has 26 heavy (non-hydrogen) atoms. The Bertz CT molecular complexity index is 402. The van der Waals surface area contributed by atoms with Gasteiger partial charge in [-0.15, -0.1) is 0 Å². The Morgan fingerprint density at radius 3 is 1.31 bits per heavy atom. The van der Waals surface area contributed by atoms with Gasteiger partial charge in [-0.2, -0.15) is 8.42 Å². The zero-order valence-electron chi connectivity index (χ0n) is 16.7. The lowest BCUT2D eigenvalue weighted by atomic mass is 10.0. The van der Waals surface area contributed by atoms with Gasteiger partial charge in [0.25, 0.3) is 0 Å². The number of hydrogen-bond acceptors (Lipinski definition) is 6. The first kappa shape index (κ1) is 30.0. The highest BCUT2D eigenvalue weighted by Gasteiger charge is 2.12. The maximum Gasteiger partial charge on any atom is 0.448 e. The molecule has 7 N–H and O–H groups in total. The second-order valence-electron chi connectivity index (χ2n) is 6.58. The van der Waals surface area contributed by atoms with E-state index in [1.165, 1.54) is 70.6 Å². The molecule has 0 aromatic rings. The first-order valence-electron chi connectivity index (χ1n) is 9.65. The van der Waals surface area contributed by atoms with Crippen LogP contribution in [0.3, 0.4) is 0 Å². The summed E-state index contributed by atoms with van der Waals surface area (Å²) in [4.78, 5) is 11.0. The van der Waals surface area contributed by atoms with Crippen molar-refractivity contribution in [2.75, 3.05) is 0 Å². The van der Waals surface area contributed by atoms with E-state index in [0.29, 0.717) is 6.42 Å². The molecule has 0 radical (unpaired) electrons. The molecule has 0 saturated heterocycles. The Hall–Kier alpha value is -0.700. The highest BCUT2D eigenvalue weighted by atomic mass is 32.3. The van der Waals surface area contributed by atoms with Crippen molar-refractivity contribution in [3.05, 3.63) is 0 Å². The number of hydrogen-bond donors (Lipinski definition) is 3. The van der Waals surface area contributed by atoms with Crippen LogP contribution in [0, 0.1) is 0 Å². The van der Waals surface area contributed by atoms with E-state index in [9.17, 15) is 13.2 Å². The summed E-state index contributed by atoms with van der Waals surface area (Å²) < 4.78 is 32.8. The van der Waals surface area contributed by atoms with E-state index < -0.39 is 16.4 Å². The van der Waals surface area contributed by atoms with Crippen LogP contribution < -0.4 is 12.3 Å². The van der Waals surface area contributed by atoms with Gasteiger partial charge in [0.1, 0.15) is 0 Å². The standard InChI is InChI=1S/C18H36O5S.2H3N/c1-2-3-4-5-6-7-8-9-10-11-12-13-14-15-16-17-18(19)23-24(20,21)22;;/h2-17H2,1H3,(H,20,21,22);2*1H3. The Labute approximate surface area is 160 Å². The molecule has 7 nitrogen and oxygen atoms in total. The third-order valence-electron chi connectivity index (χ3n) is 4.18. The van der Waals surface area contributed by atoms with E-state index in [1.807, 2.05) is 0 Å². The first-order valence-corrected chi connectivity index (χ1v) is 11.0. The Kier molecular flexibility index (Phi) is 23.8. The minimum atomic E-state index is -4.64. The predicted octanol–water partition coefficient (Wildman–Crippen LogP) is 5.92. The van der Waals surface area contributed by atoms with Crippen LogP contribution in [0.15, 0.2) is 0 Å². The minimum absolute atomic E-state index is 0. The van der Waals surface area contributed by atoms with Crippen LogP contribution in [0.2, 0.25) is 0 Å². The topological polar surface area (TPSA) is 151 Å². The van der Waals surface area contributed by atoms with Crippen LogP contribution in [0.4, 0.5) is 0 Å². The molecule has 0 aliphatic heterocycles. The van der Waals surface area contributed by atoms with E-state index in [4.69, 9.17) is 4.55 Å². The van der Waals surface area contributed by atoms with Crippen molar-refractivity contribution >= 4 is 16.4 Å². The van der Waals surface area contributed by atoms with Crippen LogP contribution in [-0.2, 0) is 19.4 Å².